The summed E-state index contributed by atoms with van der Waals surface area (Å²) in [6.07, 6.45) is 4.46. The Hall–Kier alpha value is -2.59. The van der Waals surface area contributed by atoms with Crippen LogP contribution in [0.1, 0.15) is 44.4 Å². The third-order valence-corrected chi connectivity index (χ3v) is 5.45. The van der Waals surface area contributed by atoms with Crippen molar-refractivity contribution in [2.24, 2.45) is 5.92 Å². The van der Waals surface area contributed by atoms with Crippen molar-refractivity contribution in [3.8, 4) is 17.1 Å². The fraction of sp³-hybridized carbons (Fsp3) is 0.360. The second kappa shape index (κ2) is 10.4. The summed E-state index contributed by atoms with van der Waals surface area (Å²) in [4.78, 5) is 15.8. The average molecular weight is 425 g/mol. The maximum atomic E-state index is 11.2. The molecule has 4 nitrogen and oxygen atoms in total. The molecule has 0 fully saturated rings. The van der Waals surface area contributed by atoms with Gasteiger partial charge in [0.05, 0.1) is 13.2 Å². The van der Waals surface area contributed by atoms with Crippen molar-refractivity contribution in [3.05, 3.63) is 71.0 Å². The van der Waals surface area contributed by atoms with Gasteiger partial charge in [-0.1, -0.05) is 36.7 Å². The fourth-order valence-corrected chi connectivity index (χ4v) is 3.77. The number of aryl methyl sites for hydroxylation is 1. The maximum Gasteiger partial charge on any atom is 0.140 e. The molecule has 0 aliphatic heterocycles. The molecule has 158 valence electrons. The van der Waals surface area contributed by atoms with Crippen LogP contribution in [0.25, 0.3) is 11.4 Å². The summed E-state index contributed by atoms with van der Waals surface area (Å²) in [6, 6.07) is 15.9. The lowest BCUT2D eigenvalue weighted by Crippen LogP contribution is -2.08. The van der Waals surface area contributed by atoms with Gasteiger partial charge in [-0.2, -0.15) is 0 Å². The van der Waals surface area contributed by atoms with Crippen molar-refractivity contribution < 1.29 is 9.53 Å². The Morgan fingerprint density at radius 2 is 1.90 bits per heavy atom. The number of para-hydroxylation sites is 1. The molecule has 5 heteroatoms. The molecule has 1 aromatic heterocycles. The van der Waals surface area contributed by atoms with E-state index in [1.807, 2.05) is 48.7 Å². The van der Waals surface area contributed by atoms with Gasteiger partial charge >= 0.3 is 0 Å². The summed E-state index contributed by atoms with van der Waals surface area (Å²) in [5, 5.41) is 0.713. The number of rotatable bonds is 10. The molecule has 2 aromatic carbocycles. The summed E-state index contributed by atoms with van der Waals surface area (Å²) in [7, 11) is 0. The summed E-state index contributed by atoms with van der Waals surface area (Å²) < 4.78 is 8.30. The minimum atomic E-state index is 0.251. The number of imidazole rings is 1. The van der Waals surface area contributed by atoms with Crippen molar-refractivity contribution in [1.82, 2.24) is 9.55 Å². The molecule has 0 spiro atoms. The topological polar surface area (TPSA) is 44.1 Å². The van der Waals surface area contributed by atoms with Crippen LogP contribution < -0.4 is 4.74 Å². The van der Waals surface area contributed by atoms with Crippen LogP contribution in [0.15, 0.2) is 54.7 Å². The summed E-state index contributed by atoms with van der Waals surface area (Å²) in [5.41, 5.74) is 3.24. The molecule has 0 N–H and O–H groups in total. The van der Waals surface area contributed by atoms with Crippen molar-refractivity contribution in [3.63, 3.8) is 0 Å². The maximum absolute atomic E-state index is 11.2. The molecule has 0 saturated carbocycles. The zero-order chi connectivity index (χ0) is 21.5. The van der Waals surface area contributed by atoms with Gasteiger partial charge in [0, 0.05) is 34.5 Å². The Bertz CT molecular complexity index is 979. The largest absolute Gasteiger partial charge is 0.493 e. The number of aromatic nitrogens is 2. The number of Topliss-reactive ketones (excluding diaryl/α,β-unsaturated/α-hetero) is 1. The van der Waals surface area contributed by atoms with Crippen LogP contribution in [0, 0.1) is 12.8 Å². The molecule has 0 bridgehead atoms. The number of carbonyl (C=O) groups is 1. The third-order valence-electron chi connectivity index (χ3n) is 5.19. The fourth-order valence-electron chi connectivity index (χ4n) is 3.64. The first-order chi connectivity index (χ1) is 14.4. The molecule has 0 unspecified atom stereocenters. The van der Waals surface area contributed by atoms with E-state index in [1.165, 1.54) is 0 Å². The van der Waals surface area contributed by atoms with E-state index in [2.05, 4.69) is 29.5 Å². The first kappa shape index (κ1) is 22.1. The van der Waals surface area contributed by atoms with Gasteiger partial charge in [-0.15, -0.1) is 0 Å². The van der Waals surface area contributed by atoms with Gasteiger partial charge in [0.15, 0.2) is 0 Å². The van der Waals surface area contributed by atoms with Gasteiger partial charge in [-0.3, -0.25) is 0 Å². The van der Waals surface area contributed by atoms with Crippen LogP contribution in [0.5, 0.6) is 5.75 Å². The second-order valence-electron chi connectivity index (χ2n) is 7.93. The SMILES string of the molecule is CC(=O)C[C@H](C)CCCOc1ccccc1Cn1c(C)cnc1-c1ccc(Cl)cc1. The molecular weight excluding hydrogens is 396 g/mol. The normalized spacial score (nSPS) is 12.0. The van der Waals surface area contributed by atoms with Crippen molar-refractivity contribution in [2.75, 3.05) is 6.61 Å². The van der Waals surface area contributed by atoms with E-state index in [-0.39, 0.29) is 5.78 Å². The highest BCUT2D eigenvalue weighted by Gasteiger charge is 2.13. The minimum absolute atomic E-state index is 0.251. The van der Waals surface area contributed by atoms with Crippen molar-refractivity contribution in [1.29, 1.82) is 0 Å². The van der Waals surface area contributed by atoms with Gasteiger partial charge in [0.2, 0.25) is 0 Å². The van der Waals surface area contributed by atoms with Crippen molar-refractivity contribution in [2.45, 2.75) is 46.6 Å². The number of nitrogens with zero attached hydrogens (tertiary/aromatic N) is 2. The van der Waals surface area contributed by atoms with Crippen LogP contribution >= 0.6 is 11.6 Å². The Kier molecular flexibility index (Phi) is 7.69. The molecular formula is C25H29ClN2O2. The predicted molar refractivity (Wildman–Crippen MR) is 122 cm³/mol. The van der Waals surface area contributed by atoms with Gasteiger partial charge < -0.3 is 14.1 Å². The number of hydrogen-bond donors (Lipinski definition) is 0. The average Bonchev–Trinajstić information content (AvgIpc) is 3.07. The van der Waals surface area contributed by atoms with Crippen LogP contribution in [0.3, 0.4) is 0 Å². The van der Waals surface area contributed by atoms with E-state index < -0.39 is 0 Å². The minimum Gasteiger partial charge on any atom is -0.493 e. The molecule has 0 amide bonds. The van der Waals surface area contributed by atoms with Crippen LogP contribution in [0.4, 0.5) is 0 Å². The van der Waals surface area contributed by atoms with Gasteiger partial charge in [-0.25, -0.2) is 4.98 Å². The van der Waals surface area contributed by atoms with Crippen LogP contribution in [-0.4, -0.2) is 21.9 Å². The number of benzene rings is 2. The predicted octanol–water partition coefficient (Wildman–Crippen LogP) is 6.33. The molecule has 1 atom stereocenters. The highest BCUT2D eigenvalue weighted by Crippen LogP contribution is 2.26. The molecule has 30 heavy (non-hydrogen) atoms. The summed E-state index contributed by atoms with van der Waals surface area (Å²) >= 11 is 6.04. The Labute approximate surface area is 183 Å². The first-order valence-electron chi connectivity index (χ1n) is 10.4. The Morgan fingerprint density at radius 1 is 1.17 bits per heavy atom. The smallest absolute Gasteiger partial charge is 0.140 e. The molecule has 0 saturated heterocycles. The van der Waals surface area contributed by atoms with E-state index in [0.717, 1.165) is 41.2 Å². The second-order valence-corrected chi connectivity index (χ2v) is 8.36. The number of carbonyl (C=O) groups excluding carboxylic acids is 1. The van der Waals surface area contributed by atoms with Crippen LogP contribution in [0.2, 0.25) is 5.02 Å². The third kappa shape index (κ3) is 5.96. The monoisotopic (exact) mass is 424 g/mol. The zero-order valence-corrected chi connectivity index (χ0v) is 18.7. The number of ketones is 1. The van der Waals surface area contributed by atoms with E-state index in [9.17, 15) is 4.79 Å². The van der Waals surface area contributed by atoms with E-state index in [4.69, 9.17) is 16.3 Å². The van der Waals surface area contributed by atoms with Gasteiger partial charge in [0.25, 0.3) is 0 Å². The summed E-state index contributed by atoms with van der Waals surface area (Å²) in [6.45, 7) is 7.16. The van der Waals surface area contributed by atoms with Crippen LogP contribution in [-0.2, 0) is 11.3 Å². The lowest BCUT2D eigenvalue weighted by atomic mass is 10.00. The molecule has 0 aliphatic rings. The number of ether oxygens (including phenoxy) is 1. The van der Waals surface area contributed by atoms with Crippen molar-refractivity contribution >= 4 is 17.4 Å². The summed E-state index contributed by atoms with van der Waals surface area (Å²) in [5.74, 6) is 2.46. The van der Waals surface area contributed by atoms with E-state index in [1.54, 1.807) is 6.92 Å². The molecule has 1 heterocycles. The lowest BCUT2D eigenvalue weighted by molar-refractivity contribution is -0.117. The molecule has 0 radical (unpaired) electrons. The highest BCUT2D eigenvalue weighted by molar-refractivity contribution is 6.30. The molecule has 0 aliphatic carbocycles. The van der Waals surface area contributed by atoms with Gasteiger partial charge in [-0.05, 0) is 62.9 Å². The van der Waals surface area contributed by atoms with Gasteiger partial charge in [0.1, 0.15) is 17.4 Å². The lowest BCUT2D eigenvalue weighted by Gasteiger charge is -2.15. The number of halogens is 1. The molecule has 3 rings (SSSR count). The zero-order valence-electron chi connectivity index (χ0n) is 17.9. The van der Waals surface area contributed by atoms with E-state index >= 15 is 0 Å². The Balaban J connectivity index is 1.69. The Morgan fingerprint density at radius 3 is 2.63 bits per heavy atom. The molecule has 3 aromatic rings. The first-order valence-corrected chi connectivity index (χ1v) is 10.8. The quantitative estimate of drug-likeness (QED) is 0.357. The standard InChI is InChI=1S/C25H29ClN2O2/c1-18(15-20(3)29)7-6-14-30-24-9-5-4-8-22(24)17-28-19(2)16-27-25(28)21-10-12-23(26)13-11-21/h4-5,8-13,16,18H,6-7,14-15,17H2,1-3H3/t18-/m1/s1. The number of hydrogen-bond acceptors (Lipinski definition) is 3. The van der Waals surface area contributed by atoms with E-state index in [0.29, 0.717) is 30.5 Å². The highest BCUT2D eigenvalue weighted by atomic mass is 35.5.